The topological polar surface area (TPSA) is 39.4 Å². The second-order valence-corrected chi connectivity index (χ2v) is 33.9. The Kier molecular flexibility index (Phi) is 13.2. The zero-order chi connectivity index (χ0) is 110. The summed E-state index contributed by atoms with van der Waals surface area (Å²) in [4.78, 5) is 0. The minimum absolute atomic E-state index is 0.170. The number of benzene rings is 26. The molecule has 0 amide bonds. The quantitative estimate of drug-likeness (QED) is 0.142. The lowest BCUT2D eigenvalue weighted by Gasteiger charge is -2.20. The van der Waals surface area contributed by atoms with Crippen molar-refractivity contribution < 1.29 is 46.1 Å². The SMILES string of the molecule is [2H]c1c([2H])c([2H])c2c(-c3cc(-c4ccccc4)cc4ccccc34)c3c([2H])c([2H])c([2H])c([2H])c3c(-c3ccc4oc5ccc6ccccc6c5c4c3)c2c1[2H].[2H]c1c([2H])c([2H])c2c(-c3ccc(-c4ccc5ccccc5c4)c4ccccc34)c3c([2H])c([2H])c([2H])c([2H])c3c(-c3ccc4oc5ccc6ccccc6c5c4c3)c2c1[2H].[2H]c1c([2H])c([2H])c2c(-c3ccc4oc5ccc6ccccc6c5c4c3)c3c([2H])c([2H])c([2H])c([2H])c3c(-c3ccccc3)c2c1[2H]. The van der Waals surface area contributed by atoms with E-state index in [9.17, 15) is 11.0 Å². The number of fused-ring (bicyclic) bond motifs is 24. The van der Waals surface area contributed by atoms with Crippen molar-refractivity contribution in [2.24, 2.45) is 0 Å². The molecule has 0 aliphatic carbocycles. The predicted octanol–water partition coefficient (Wildman–Crippen LogP) is 37.9. The molecule has 0 aliphatic rings. The van der Waals surface area contributed by atoms with Gasteiger partial charge in [-0.05, 0) is 291 Å². The molecule has 3 aromatic heterocycles. The molecule has 0 aliphatic heterocycles. The Bertz CT molecular complexity index is 11300. The molecule has 0 fully saturated rings. The molecule has 0 spiro atoms. The van der Waals surface area contributed by atoms with Crippen molar-refractivity contribution >= 4 is 195 Å². The highest BCUT2D eigenvalue weighted by Gasteiger charge is 2.26. The van der Waals surface area contributed by atoms with Crippen LogP contribution in [0.15, 0.2) is 498 Å². The van der Waals surface area contributed by atoms with Gasteiger partial charge in [-0.3, -0.25) is 0 Å². The molecule has 29 aromatic rings. The lowest BCUT2D eigenvalue weighted by atomic mass is 9.83. The van der Waals surface area contributed by atoms with E-state index in [-0.39, 0.29) is 137 Å². The van der Waals surface area contributed by atoms with Gasteiger partial charge in [-0.1, -0.05) is 412 Å². The molecule has 0 N–H and O–H groups in total. The summed E-state index contributed by atoms with van der Waals surface area (Å²) < 4.78 is 237. The molecule has 0 atom stereocenters. The molecule has 0 saturated heterocycles. The van der Waals surface area contributed by atoms with Crippen LogP contribution in [-0.2, 0) is 0 Å². The Morgan fingerprint density at radius 3 is 0.807 bits per heavy atom. The van der Waals surface area contributed by atoms with E-state index in [0.717, 1.165) is 119 Å². The first-order valence-corrected chi connectivity index (χ1v) is 44.5. The Morgan fingerprint density at radius 1 is 0.133 bits per heavy atom. The molecule has 29 rings (SSSR count). The fourth-order valence-corrected chi connectivity index (χ4v) is 20.7. The van der Waals surface area contributed by atoms with Gasteiger partial charge in [-0.15, -0.1) is 0 Å². The second-order valence-electron chi connectivity index (χ2n) is 33.9. The molecule has 135 heavy (non-hydrogen) atoms. The molecule has 26 aromatic carbocycles. The van der Waals surface area contributed by atoms with Crippen LogP contribution in [-0.4, -0.2) is 0 Å². The molecule has 0 radical (unpaired) electrons. The van der Waals surface area contributed by atoms with Crippen molar-refractivity contribution in [1.82, 2.24) is 0 Å². The summed E-state index contributed by atoms with van der Waals surface area (Å²) in [5, 5.41) is 18.7. The fraction of sp³-hybridized carbons (Fsp3) is 0. The number of hydrogen-bond acceptors (Lipinski definition) is 3. The molecule has 0 bridgehead atoms. The van der Waals surface area contributed by atoms with Crippen LogP contribution < -0.4 is 0 Å². The fourth-order valence-electron chi connectivity index (χ4n) is 20.7. The average Bonchev–Trinajstić information content (AvgIpc) is 1.46. The van der Waals surface area contributed by atoms with E-state index in [2.05, 4.69) is 36.4 Å². The Hall–Kier alpha value is -17.8. The van der Waals surface area contributed by atoms with E-state index >= 15 is 0 Å². The van der Waals surface area contributed by atoms with Gasteiger partial charge in [-0.25, -0.2) is 0 Å². The monoisotopic (exact) mass is 1740 g/mol. The van der Waals surface area contributed by atoms with Gasteiger partial charge in [0.15, 0.2) is 0 Å². The van der Waals surface area contributed by atoms with E-state index in [1.54, 1.807) is 48.5 Å². The molecule has 3 nitrogen and oxygen atoms in total. The third-order valence-electron chi connectivity index (χ3n) is 26.6. The van der Waals surface area contributed by atoms with Gasteiger partial charge in [0.2, 0.25) is 0 Å². The Balaban J connectivity index is 0.000000116. The molecule has 626 valence electrons. The highest BCUT2D eigenvalue weighted by molar-refractivity contribution is 6.30. The van der Waals surface area contributed by atoms with Crippen LogP contribution in [0.25, 0.3) is 284 Å². The highest BCUT2D eigenvalue weighted by atomic mass is 16.3. The van der Waals surface area contributed by atoms with Crippen LogP contribution in [0.4, 0.5) is 0 Å². The zero-order valence-corrected chi connectivity index (χ0v) is 71.6. The normalized spacial score (nSPS) is 14.3. The third-order valence-corrected chi connectivity index (χ3v) is 26.6. The minimum Gasteiger partial charge on any atom is -0.456 e. The summed E-state index contributed by atoms with van der Waals surface area (Å²) in [6.07, 6.45) is 0. The van der Waals surface area contributed by atoms with Gasteiger partial charge >= 0.3 is 0 Å². The highest BCUT2D eigenvalue weighted by Crippen LogP contribution is 2.53. The van der Waals surface area contributed by atoms with Crippen molar-refractivity contribution in [1.29, 1.82) is 0 Å². The lowest BCUT2D eigenvalue weighted by Crippen LogP contribution is -1.92. The Morgan fingerprint density at radius 2 is 0.407 bits per heavy atom. The number of rotatable bonds is 8. The molecule has 0 saturated carbocycles. The third kappa shape index (κ3) is 12.7. The van der Waals surface area contributed by atoms with Crippen molar-refractivity contribution in [2.75, 3.05) is 0 Å². The zero-order valence-electron chi connectivity index (χ0n) is 95.6. The molecular formula is C132H80O3. The Labute approximate surface area is 810 Å². The van der Waals surface area contributed by atoms with E-state index < -0.39 is 72.5 Å². The second kappa shape index (κ2) is 31.5. The summed E-state index contributed by atoms with van der Waals surface area (Å²) >= 11 is 0. The molecule has 0 unspecified atom stereocenters. The van der Waals surface area contributed by atoms with Crippen LogP contribution in [0.2, 0.25) is 0 Å². The van der Waals surface area contributed by atoms with Gasteiger partial charge in [-0.2, -0.15) is 0 Å². The molecule has 3 heterocycles. The standard InChI is InChI=1S/C50H30O.C46H28O.C36H22O/c1-2-13-33-29-34(22-21-31(33)11-1)36-25-26-44(39-16-6-5-15-38(36)39)49-42-19-9-7-17-40(42)48(41-18-8-10-20-43(41)49)35-24-27-46-45(30-35)50-37-14-4-3-12-32(37)23-28-47(50)51-46;1-2-12-29(13-3-1)33-26-31-15-5-6-16-34(31)40(28-33)45-38-20-10-8-18-36(38)44(37-19-9-11-21-39(37)45)32-23-24-42-41(27-32)46-35-17-7-4-14-30(35)22-25-43(46)47-42;1-2-11-24(12-3-1)34-27-14-6-8-16-29(27)35(30-17-9-7-15-28(30)34)25-19-20-32-31(22-25)36-26-13-5-4-10-23(26)18-21-33(36)37-32/h1-30H;1-28H;1-22H/i7D,8D,9D,10D,17D,18D,19D,20D;8D,9D,10D,11D,18D,19D,20D,21D;6D,7D,8D,9D,14D,15D,16D,17D. The van der Waals surface area contributed by atoms with Gasteiger partial charge < -0.3 is 13.3 Å². The summed E-state index contributed by atoms with van der Waals surface area (Å²) in [5.41, 5.74) is 12.9. The summed E-state index contributed by atoms with van der Waals surface area (Å²) in [5.74, 6) is 0. The largest absolute Gasteiger partial charge is 0.456 e. The lowest BCUT2D eigenvalue weighted by molar-refractivity contribution is 0.669. The van der Waals surface area contributed by atoms with Crippen molar-refractivity contribution in [2.45, 2.75) is 0 Å². The first-order chi connectivity index (χ1) is 76.9. The van der Waals surface area contributed by atoms with Crippen LogP contribution in [0.1, 0.15) is 32.9 Å². The smallest absolute Gasteiger partial charge is 0.136 e. The first-order valence-electron chi connectivity index (χ1n) is 56.5. The minimum atomic E-state index is -0.438. The van der Waals surface area contributed by atoms with Crippen LogP contribution in [0.3, 0.4) is 0 Å². The van der Waals surface area contributed by atoms with Crippen molar-refractivity contribution in [3.8, 4) is 89.0 Å². The molecular weight excluding hydrogens is 1630 g/mol. The van der Waals surface area contributed by atoms with Crippen molar-refractivity contribution in [3.05, 3.63) is 485 Å². The van der Waals surface area contributed by atoms with Gasteiger partial charge in [0, 0.05) is 32.3 Å². The summed E-state index contributed by atoms with van der Waals surface area (Å²) in [6.45, 7) is 0. The van der Waals surface area contributed by atoms with E-state index in [1.165, 1.54) is 0 Å². The van der Waals surface area contributed by atoms with Crippen molar-refractivity contribution in [3.63, 3.8) is 0 Å². The summed E-state index contributed by atoms with van der Waals surface area (Å²) in [6, 6.07) is 100. The van der Waals surface area contributed by atoms with Gasteiger partial charge in [0.05, 0.1) is 32.9 Å². The molecule has 3 heteroatoms. The predicted molar refractivity (Wildman–Crippen MR) is 575 cm³/mol. The maximum atomic E-state index is 9.54. The van der Waals surface area contributed by atoms with Crippen LogP contribution in [0.5, 0.6) is 0 Å². The van der Waals surface area contributed by atoms with Gasteiger partial charge in [0.25, 0.3) is 0 Å². The van der Waals surface area contributed by atoms with Gasteiger partial charge in [0.1, 0.15) is 33.5 Å². The maximum absolute atomic E-state index is 9.54. The van der Waals surface area contributed by atoms with E-state index in [1.807, 2.05) is 255 Å². The van der Waals surface area contributed by atoms with E-state index in [4.69, 9.17) is 35.2 Å². The maximum Gasteiger partial charge on any atom is 0.136 e. The average molecular weight is 1740 g/mol. The summed E-state index contributed by atoms with van der Waals surface area (Å²) in [7, 11) is 0. The van der Waals surface area contributed by atoms with E-state index in [0.29, 0.717) is 100 Å². The number of hydrogen-bond donors (Lipinski definition) is 0. The van der Waals surface area contributed by atoms with Crippen LogP contribution in [0, 0.1) is 0 Å². The first kappa shape index (κ1) is 56.6. The number of furan rings is 3. The van der Waals surface area contributed by atoms with Crippen LogP contribution >= 0.6 is 0 Å².